The zero-order valence-electron chi connectivity index (χ0n) is 11.8. The molecule has 1 saturated heterocycles. The summed E-state index contributed by atoms with van der Waals surface area (Å²) in [6, 6.07) is 0.440. The van der Waals surface area contributed by atoms with Gasteiger partial charge in [-0.1, -0.05) is 0 Å². The quantitative estimate of drug-likeness (QED) is 0.803. The zero-order chi connectivity index (χ0) is 13.0. The van der Waals surface area contributed by atoms with Crippen LogP contribution < -0.4 is 5.32 Å². The summed E-state index contributed by atoms with van der Waals surface area (Å²) in [5.74, 6) is 0. The first kappa shape index (κ1) is 14.0. The molecule has 2 heterocycles. The molecule has 18 heavy (non-hydrogen) atoms. The summed E-state index contributed by atoms with van der Waals surface area (Å²) in [6.07, 6.45) is 4.04. The van der Waals surface area contributed by atoms with Crippen molar-refractivity contribution in [2.24, 2.45) is 0 Å². The van der Waals surface area contributed by atoms with E-state index in [2.05, 4.69) is 36.0 Å². The Bertz CT molecular complexity index is 369. The molecule has 1 unspecified atom stereocenters. The van der Waals surface area contributed by atoms with Crippen LogP contribution in [0.15, 0.2) is 0 Å². The van der Waals surface area contributed by atoms with E-state index in [9.17, 15) is 0 Å². The fourth-order valence-electron chi connectivity index (χ4n) is 2.67. The number of thiazole rings is 1. The minimum atomic E-state index is 0.440. The van der Waals surface area contributed by atoms with Crippen molar-refractivity contribution in [3.05, 3.63) is 15.6 Å². The summed E-state index contributed by atoms with van der Waals surface area (Å²) in [6.45, 7) is 11.4. The number of rotatable bonds is 6. The molecule has 0 aromatic carbocycles. The largest absolute Gasteiger partial charge is 0.309 e. The van der Waals surface area contributed by atoms with Crippen molar-refractivity contribution in [2.45, 2.75) is 46.1 Å². The fraction of sp³-hybridized carbons (Fsp3) is 0.786. The van der Waals surface area contributed by atoms with Gasteiger partial charge in [-0.15, -0.1) is 11.3 Å². The molecule has 0 spiro atoms. The number of nitrogens with one attached hydrogen (secondary N) is 1. The third-order valence-electron chi connectivity index (χ3n) is 3.63. The van der Waals surface area contributed by atoms with E-state index in [1.165, 1.54) is 54.5 Å². The van der Waals surface area contributed by atoms with Crippen molar-refractivity contribution in [3.8, 4) is 0 Å². The second kappa shape index (κ2) is 6.64. The molecule has 1 aromatic heterocycles. The van der Waals surface area contributed by atoms with E-state index in [0.29, 0.717) is 6.04 Å². The first-order valence-corrected chi connectivity index (χ1v) is 7.88. The maximum absolute atomic E-state index is 4.49. The highest BCUT2D eigenvalue weighted by Crippen LogP contribution is 2.24. The molecular formula is C14H25N3S. The minimum Gasteiger partial charge on any atom is -0.309 e. The van der Waals surface area contributed by atoms with Crippen molar-refractivity contribution >= 4 is 11.3 Å². The van der Waals surface area contributed by atoms with Gasteiger partial charge >= 0.3 is 0 Å². The maximum atomic E-state index is 4.49. The van der Waals surface area contributed by atoms with Crippen LogP contribution in [-0.4, -0.2) is 36.1 Å². The summed E-state index contributed by atoms with van der Waals surface area (Å²) < 4.78 is 0. The van der Waals surface area contributed by atoms with E-state index in [1.54, 1.807) is 0 Å². The van der Waals surface area contributed by atoms with Crippen LogP contribution in [0, 0.1) is 13.8 Å². The molecule has 0 bridgehead atoms. The molecular weight excluding hydrogens is 242 g/mol. The molecule has 3 nitrogen and oxygen atoms in total. The predicted molar refractivity (Wildman–Crippen MR) is 78.3 cm³/mol. The Hall–Kier alpha value is -0.450. The van der Waals surface area contributed by atoms with Crippen molar-refractivity contribution in [3.63, 3.8) is 0 Å². The maximum Gasteiger partial charge on any atom is 0.0900 e. The van der Waals surface area contributed by atoms with Crippen molar-refractivity contribution < 1.29 is 0 Å². The molecule has 1 fully saturated rings. The molecule has 0 aliphatic carbocycles. The fourth-order valence-corrected chi connectivity index (χ4v) is 3.62. The topological polar surface area (TPSA) is 28.2 Å². The van der Waals surface area contributed by atoms with Gasteiger partial charge in [0.25, 0.3) is 0 Å². The lowest BCUT2D eigenvalue weighted by molar-refractivity contribution is 0.328. The number of hydrogen-bond acceptors (Lipinski definition) is 4. The van der Waals surface area contributed by atoms with Crippen LogP contribution in [0.3, 0.4) is 0 Å². The van der Waals surface area contributed by atoms with E-state index >= 15 is 0 Å². The van der Waals surface area contributed by atoms with Gasteiger partial charge in [-0.3, -0.25) is 0 Å². The number of aryl methyl sites for hydroxylation is 2. The Morgan fingerprint density at radius 2 is 2.06 bits per heavy atom. The van der Waals surface area contributed by atoms with Gasteiger partial charge in [-0.25, -0.2) is 4.98 Å². The summed E-state index contributed by atoms with van der Waals surface area (Å²) >= 11 is 1.82. The van der Waals surface area contributed by atoms with E-state index in [1.807, 2.05) is 11.3 Å². The Balaban J connectivity index is 1.68. The average Bonchev–Trinajstić information content (AvgIpc) is 2.94. The van der Waals surface area contributed by atoms with Crippen LogP contribution in [0.1, 0.15) is 47.8 Å². The van der Waals surface area contributed by atoms with Gasteiger partial charge in [0.05, 0.1) is 10.7 Å². The van der Waals surface area contributed by atoms with Crippen LogP contribution in [-0.2, 0) is 0 Å². The predicted octanol–water partition coefficient (Wildman–Crippen LogP) is 2.90. The first-order valence-electron chi connectivity index (χ1n) is 7.06. The van der Waals surface area contributed by atoms with Crippen LogP contribution in [0.4, 0.5) is 0 Å². The van der Waals surface area contributed by atoms with Gasteiger partial charge < -0.3 is 10.2 Å². The SMILES string of the molecule is Cc1nc(C)c(C(C)NCCCN2CCCC2)s1. The van der Waals surface area contributed by atoms with Crippen molar-refractivity contribution in [1.29, 1.82) is 0 Å². The molecule has 0 radical (unpaired) electrons. The van der Waals surface area contributed by atoms with Gasteiger partial charge in [0.2, 0.25) is 0 Å². The lowest BCUT2D eigenvalue weighted by atomic mass is 10.2. The van der Waals surface area contributed by atoms with Crippen LogP contribution in [0.25, 0.3) is 0 Å². The van der Waals surface area contributed by atoms with Gasteiger partial charge in [0.15, 0.2) is 0 Å². The summed E-state index contributed by atoms with van der Waals surface area (Å²) in [5, 5.41) is 4.80. The molecule has 1 N–H and O–H groups in total. The highest BCUT2D eigenvalue weighted by atomic mass is 32.1. The summed E-state index contributed by atoms with van der Waals surface area (Å²) in [4.78, 5) is 8.47. The van der Waals surface area contributed by atoms with Gasteiger partial charge in [0.1, 0.15) is 0 Å². The molecule has 1 aliphatic heterocycles. The lowest BCUT2D eigenvalue weighted by Crippen LogP contribution is -2.26. The highest BCUT2D eigenvalue weighted by molar-refractivity contribution is 7.11. The number of nitrogens with zero attached hydrogens (tertiary/aromatic N) is 2. The second-order valence-electron chi connectivity index (χ2n) is 5.26. The zero-order valence-corrected chi connectivity index (χ0v) is 12.6. The van der Waals surface area contributed by atoms with Gasteiger partial charge in [0, 0.05) is 10.9 Å². The Morgan fingerprint density at radius 3 is 2.67 bits per heavy atom. The standard InChI is InChI=1S/C14H25N3S/c1-11(14-12(2)16-13(3)18-14)15-7-6-10-17-8-4-5-9-17/h11,15H,4-10H2,1-3H3. The van der Waals surface area contributed by atoms with E-state index in [0.717, 1.165) is 6.54 Å². The van der Waals surface area contributed by atoms with Gasteiger partial charge in [-0.2, -0.15) is 0 Å². The smallest absolute Gasteiger partial charge is 0.0900 e. The lowest BCUT2D eigenvalue weighted by Gasteiger charge is -2.16. The Kier molecular flexibility index (Phi) is 5.15. The third-order valence-corrected chi connectivity index (χ3v) is 4.89. The van der Waals surface area contributed by atoms with Crippen LogP contribution in [0.2, 0.25) is 0 Å². The van der Waals surface area contributed by atoms with Crippen LogP contribution in [0.5, 0.6) is 0 Å². The molecule has 1 atom stereocenters. The Morgan fingerprint density at radius 1 is 1.33 bits per heavy atom. The van der Waals surface area contributed by atoms with Gasteiger partial charge in [-0.05, 0) is 66.2 Å². The minimum absolute atomic E-state index is 0.440. The third kappa shape index (κ3) is 3.77. The molecule has 2 rings (SSSR count). The molecule has 0 amide bonds. The van der Waals surface area contributed by atoms with Crippen LogP contribution >= 0.6 is 11.3 Å². The van der Waals surface area contributed by atoms with E-state index in [-0.39, 0.29) is 0 Å². The normalized spacial score (nSPS) is 18.4. The monoisotopic (exact) mass is 267 g/mol. The average molecular weight is 267 g/mol. The summed E-state index contributed by atoms with van der Waals surface area (Å²) in [5.41, 5.74) is 1.19. The van der Waals surface area contributed by atoms with Crippen molar-refractivity contribution in [2.75, 3.05) is 26.2 Å². The molecule has 102 valence electrons. The highest BCUT2D eigenvalue weighted by Gasteiger charge is 2.13. The van der Waals surface area contributed by atoms with Crippen molar-refractivity contribution in [1.82, 2.24) is 15.2 Å². The Labute approximate surface area is 115 Å². The number of hydrogen-bond donors (Lipinski definition) is 1. The second-order valence-corrected chi connectivity index (χ2v) is 6.50. The van der Waals surface area contributed by atoms with E-state index < -0.39 is 0 Å². The molecule has 4 heteroatoms. The first-order chi connectivity index (χ1) is 8.66. The van der Waals surface area contributed by atoms with E-state index in [4.69, 9.17) is 0 Å². The molecule has 0 saturated carbocycles. The number of aromatic nitrogens is 1. The molecule has 1 aromatic rings. The molecule has 1 aliphatic rings. The number of likely N-dealkylation sites (tertiary alicyclic amines) is 1. The summed E-state index contributed by atoms with van der Waals surface area (Å²) in [7, 11) is 0.